The zero-order valence-corrected chi connectivity index (χ0v) is 9.89. The van der Waals surface area contributed by atoms with Crippen LogP contribution in [-0.4, -0.2) is 32.5 Å². The monoisotopic (exact) mass is 200 g/mol. The first-order chi connectivity index (χ1) is 6.63. The lowest BCUT2D eigenvalue weighted by atomic mass is 9.97. The predicted octanol–water partition coefficient (Wildman–Crippen LogP) is 1.19. The molecule has 0 aliphatic heterocycles. The molecule has 0 aromatic rings. The Labute approximate surface area is 87.6 Å². The molecule has 0 saturated heterocycles. The molecule has 0 fully saturated rings. The van der Waals surface area contributed by atoms with E-state index in [0.717, 1.165) is 25.8 Å². The van der Waals surface area contributed by atoms with Gasteiger partial charge in [-0.15, -0.1) is 0 Å². The minimum atomic E-state index is 0.0480. The van der Waals surface area contributed by atoms with Crippen LogP contribution in [0.1, 0.15) is 33.1 Å². The topological polar surface area (TPSA) is 41.1 Å². The largest absolute Gasteiger partial charge is 0.320 e. The van der Waals surface area contributed by atoms with Gasteiger partial charge in [-0.3, -0.25) is 4.79 Å². The van der Waals surface area contributed by atoms with Gasteiger partial charge in [0.2, 0.25) is 0 Å². The number of hydrogen-bond acceptors (Lipinski definition) is 3. The van der Waals surface area contributed by atoms with E-state index in [1.807, 2.05) is 27.9 Å². The van der Waals surface area contributed by atoms with Crippen molar-refractivity contribution in [1.29, 1.82) is 0 Å². The molecule has 84 valence electrons. The van der Waals surface area contributed by atoms with Gasteiger partial charge in [-0.05, 0) is 33.5 Å². The summed E-state index contributed by atoms with van der Waals surface area (Å²) >= 11 is 0. The van der Waals surface area contributed by atoms with E-state index in [2.05, 4.69) is 10.6 Å². The number of Topliss-reactive ketones (excluding diaryl/α,β-unsaturated/α-hetero) is 1. The van der Waals surface area contributed by atoms with Crippen LogP contribution >= 0.6 is 0 Å². The van der Waals surface area contributed by atoms with Crippen LogP contribution in [0.3, 0.4) is 0 Å². The summed E-state index contributed by atoms with van der Waals surface area (Å²) in [6.07, 6.45) is 3.19. The number of rotatable bonds is 8. The van der Waals surface area contributed by atoms with Crippen molar-refractivity contribution in [3.8, 4) is 0 Å². The number of hydrogen-bond donors (Lipinski definition) is 2. The Morgan fingerprint density at radius 3 is 2.29 bits per heavy atom. The highest BCUT2D eigenvalue weighted by Gasteiger charge is 2.18. The fourth-order valence-corrected chi connectivity index (χ4v) is 1.48. The van der Waals surface area contributed by atoms with E-state index in [1.54, 1.807) is 0 Å². The van der Waals surface area contributed by atoms with Gasteiger partial charge in [0.15, 0.2) is 5.78 Å². The van der Waals surface area contributed by atoms with Crippen molar-refractivity contribution in [3.63, 3.8) is 0 Å². The third-order valence-corrected chi connectivity index (χ3v) is 2.43. The molecule has 0 aromatic carbocycles. The number of likely N-dealkylation sites (N-methyl/N-ethyl adjacent to an activating group) is 1. The van der Waals surface area contributed by atoms with E-state index < -0.39 is 0 Å². The van der Waals surface area contributed by atoms with Crippen molar-refractivity contribution in [3.05, 3.63) is 0 Å². The summed E-state index contributed by atoms with van der Waals surface area (Å²) in [6.45, 7) is 4.95. The summed E-state index contributed by atoms with van der Waals surface area (Å²) in [4.78, 5) is 11.7. The zero-order chi connectivity index (χ0) is 11.0. The van der Waals surface area contributed by atoms with Gasteiger partial charge >= 0.3 is 0 Å². The minimum absolute atomic E-state index is 0.0480. The number of carbonyl (C=O) groups is 1. The molecule has 0 spiro atoms. The summed E-state index contributed by atoms with van der Waals surface area (Å²) in [5.74, 6) is 0.466. The first kappa shape index (κ1) is 13.6. The number of carbonyl (C=O) groups excluding carboxylic acids is 1. The van der Waals surface area contributed by atoms with Gasteiger partial charge in [-0.25, -0.2) is 0 Å². The van der Waals surface area contributed by atoms with E-state index in [0.29, 0.717) is 5.78 Å². The number of ketones is 1. The summed E-state index contributed by atoms with van der Waals surface area (Å²) in [5, 5.41) is 6.20. The van der Waals surface area contributed by atoms with Crippen LogP contribution in [-0.2, 0) is 4.79 Å². The molecule has 14 heavy (non-hydrogen) atoms. The summed E-state index contributed by atoms with van der Waals surface area (Å²) < 4.78 is 0. The Morgan fingerprint density at radius 2 is 1.86 bits per heavy atom. The second kappa shape index (κ2) is 7.94. The van der Waals surface area contributed by atoms with Crippen LogP contribution in [0.25, 0.3) is 0 Å². The molecule has 0 amide bonds. The van der Waals surface area contributed by atoms with Crippen molar-refractivity contribution < 1.29 is 4.79 Å². The highest BCUT2D eigenvalue weighted by atomic mass is 16.1. The van der Waals surface area contributed by atoms with E-state index in [9.17, 15) is 4.79 Å². The molecule has 0 saturated carbocycles. The van der Waals surface area contributed by atoms with Gasteiger partial charge in [0.25, 0.3) is 0 Å². The number of nitrogens with one attached hydrogen (secondary N) is 2. The van der Waals surface area contributed by atoms with Gasteiger partial charge in [-0.2, -0.15) is 0 Å². The van der Waals surface area contributed by atoms with Crippen molar-refractivity contribution in [2.24, 2.45) is 5.92 Å². The third kappa shape index (κ3) is 5.35. The molecule has 0 aliphatic rings. The first-order valence-electron chi connectivity index (χ1n) is 5.49. The van der Waals surface area contributed by atoms with E-state index in [-0.39, 0.29) is 12.0 Å². The maximum Gasteiger partial charge on any atom is 0.152 e. The highest BCUT2D eigenvalue weighted by Crippen LogP contribution is 2.06. The molecule has 0 heterocycles. The highest BCUT2D eigenvalue weighted by molar-refractivity contribution is 5.85. The normalized spacial score (nSPS) is 13.2. The van der Waals surface area contributed by atoms with E-state index in [4.69, 9.17) is 0 Å². The standard InChI is InChI=1S/C11H24N2O/c1-9(2)11(14)10(13-4)7-5-6-8-12-3/h9-10,12-13H,5-8H2,1-4H3/t10-/m0/s1. The summed E-state index contributed by atoms with van der Waals surface area (Å²) in [7, 11) is 3.82. The lowest BCUT2D eigenvalue weighted by Crippen LogP contribution is -2.36. The van der Waals surface area contributed by atoms with Crippen LogP contribution in [0, 0.1) is 5.92 Å². The average molecular weight is 200 g/mol. The maximum atomic E-state index is 11.7. The Bertz CT molecular complexity index is 157. The Morgan fingerprint density at radius 1 is 1.21 bits per heavy atom. The summed E-state index contributed by atoms with van der Waals surface area (Å²) in [5.41, 5.74) is 0. The molecule has 3 heteroatoms. The smallest absolute Gasteiger partial charge is 0.152 e. The van der Waals surface area contributed by atoms with Crippen LogP contribution < -0.4 is 10.6 Å². The Hall–Kier alpha value is -0.410. The van der Waals surface area contributed by atoms with Gasteiger partial charge in [0.05, 0.1) is 6.04 Å². The zero-order valence-electron chi connectivity index (χ0n) is 9.89. The van der Waals surface area contributed by atoms with Crippen LogP contribution in [0.15, 0.2) is 0 Å². The van der Waals surface area contributed by atoms with E-state index >= 15 is 0 Å². The number of unbranched alkanes of at least 4 members (excludes halogenated alkanes) is 1. The lowest BCUT2D eigenvalue weighted by Gasteiger charge is -2.16. The molecule has 1 atom stereocenters. The van der Waals surface area contributed by atoms with Crippen molar-refractivity contribution in [1.82, 2.24) is 10.6 Å². The second-order valence-electron chi connectivity index (χ2n) is 4.00. The van der Waals surface area contributed by atoms with Gasteiger partial charge in [0, 0.05) is 5.92 Å². The van der Waals surface area contributed by atoms with Gasteiger partial charge < -0.3 is 10.6 Å². The molecule has 2 N–H and O–H groups in total. The van der Waals surface area contributed by atoms with Crippen molar-refractivity contribution in [2.75, 3.05) is 20.6 Å². The average Bonchev–Trinajstić information content (AvgIpc) is 2.17. The molecular formula is C11H24N2O. The molecule has 0 unspecified atom stereocenters. The van der Waals surface area contributed by atoms with E-state index in [1.165, 1.54) is 0 Å². The molecule has 0 bridgehead atoms. The van der Waals surface area contributed by atoms with Crippen molar-refractivity contribution >= 4 is 5.78 Å². The van der Waals surface area contributed by atoms with Crippen molar-refractivity contribution in [2.45, 2.75) is 39.2 Å². The fourth-order valence-electron chi connectivity index (χ4n) is 1.48. The second-order valence-corrected chi connectivity index (χ2v) is 4.00. The lowest BCUT2D eigenvalue weighted by molar-refractivity contribution is -0.124. The van der Waals surface area contributed by atoms with Gasteiger partial charge in [0.1, 0.15) is 0 Å². The first-order valence-corrected chi connectivity index (χ1v) is 5.49. The maximum absolute atomic E-state index is 11.7. The molecule has 0 rings (SSSR count). The third-order valence-electron chi connectivity index (χ3n) is 2.43. The SMILES string of the molecule is CNCCCC[C@H](NC)C(=O)C(C)C. The molecule has 0 radical (unpaired) electrons. The quantitative estimate of drug-likeness (QED) is 0.578. The van der Waals surface area contributed by atoms with Crippen LogP contribution in [0.5, 0.6) is 0 Å². The van der Waals surface area contributed by atoms with Crippen LogP contribution in [0.4, 0.5) is 0 Å². The molecular weight excluding hydrogens is 176 g/mol. The van der Waals surface area contributed by atoms with Crippen LogP contribution in [0.2, 0.25) is 0 Å². The molecule has 0 aromatic heterocycles. The summed E-state index contributed by atoms with van der Waals surface area (Å²) in [6, 6.07) is 0.0480. The minimum Gasteiger partial charge on any atom is -0.320 e. The Kier molecular flexibility index (Phi) is 7.71. The molecule has 0 aliphatic carbocycles. The molecule has 3 nitrogen and oxygen atoms in total. The Balaban J connectivity index is 3.73. The fraction of sp³-hybridized carbons (Fsp3) is 0.909. The predicted molar refractivity (Wildman–Crippen MR) is 60.5 cm³/mol. The van der Waals surface area contributed by atoms with Gasteiger partial charge in [-0.1, -0.05) is 20.3 Å².